The first-order valence-corrected chi connectivity index (χ1v) is 34.3. The van der Waals surface area contributed by atoms with Crippen molar-refractivity contribution in [1.82, 2.24) is 0 Å². The van der Waals surface area contributed by atoms with Crippen molar-refractivity contribution in [2.75, 3.05) is 183 Å². The van der Waals surface area contributed by atoms with Crippen molar-refractivity contribution >= 4 is 31.2 Å². The maximum absolute atomic E-state index is 10.5. The van der Waals surface area contributed by atoms with Gasteiger partial charge in [-0.25, -0.2) is 0 Å². The van der Waals surface area contributed by atoms with Crippen LogP contribution >= 0.6 is 0 Å². The van der Waals surface area contributed by atoms with Crippen LogP contribution in [0.2, 0.25) is 0 Å². The largest absolute Gasteiger partial charge is 0.907 e. The number of carboxylic acids is 4. The molecule has 0 bridgehead atoms. The summed E-state index contributed by atoms with van der Waals surface area (Å²) in [7, 11) is -2.92. The van der Waals surface area contributed by atoms with Crippen LogP contribution in [0.5, 0.6) is 0 Å². The quantitative estimate of drug-likeness (QED) is 0.0471. The molecule has 31 heteroatoms. The molecule has 0 unspecified atom stereocenters. The second-order valence-corrected chi connectivity index (χ2v) is 21.7. The van der Waals surface area contributed by atoms with E-state index in [0.717, 1.165) is 0 Å². The third-order valence-corrected chi connectivity index (χ3v) is 19.7. The normalized spacial score (nSPS) is 11.6. The molecule has 0 aromatic carbocycles. The monoisotopic (exact) mass is 1420 g/mol. The molecular weight excluding hydrogens is 1280 g/mol. The summed E-state index contributed by atoms with van der Waals surface area (Å²) >= 11 is 0. The molecule has 0 saturated carbocycles. The molecule has 0 aromatic rings. The molecule has 95 heavy (non-hydrogen) atoms. The van der Waals surface area contributed by atoms with E-state index in [1.54, 1.807) is 0 Å². The van der Waals surface area contributed by atoms with Crippen molar-refractivity contribution in [3.63, 3.8) is 0 Å². The second kappa shape index (κ2) is 65.3. The number of carbonyl (C=O) groups is 4. The number of halogens is 12. The molecule has 0 amide bonds. The van der Waals surface area contributed by atoms with Crippen LogP contribution in [-0.4, -0.2) is 271 Å². The van der Waals surface area contributed by atoms with E-state index in [2.05, 4.69) is 194 Å². The van der Waals surface area contributed by atoms with E-state index in [-0.39, 0.29) is 0 Å². The Balaban J connectivity index is -0.0000000794. The van der Waals surface area contributed by atoms with Gasteiger partial charge in [-0.3, -0.25) is 7.32 Å². The Bertz CT molecular complexity index is 1300. The lowest BCUT2D eigenvalue weighted by atomic mass is 10.3. The van der Waals surface area contributed by atoms with E-state index in [0.29, 0.717) is 0 Å². The number of aliphatic carboxylic acids is 4. The zero-order valence-electron chi connectivity index (χ0n) is 64.5. The van der Waals surface area contributed by atoms with Crippen LogP contribution in [-0.2, 0) is 19.2 Å². The molecule has 0 saturated heterocycles. The molecule has 0 aliphatic heterocycles. The Hall–Kier alpha value is -3.30. The smallest absolute Gasteiger partial charge is 0.430 e. The molecule has 0 rings (SSSR count). The fourth-order valence-electron chi connectivity index (χ4n) is 9.39. The van der Waals surface area contributed by atoms with Gasteiger partial charge in [0, 0.05) is 0 Å². The van der Waals surface area contributed by atoms with Crippen LogP contribution in [0.25, 0.3) is 0 Å². The van der Waals surface area contributed by atoms with Gasteiger partial charge in [0.15, 0.2) is 0 Å². The SMILES string of the molecule is CC[N+](CC)(CC)CC.CC[N+](CC)(CC)CC.CC[N+](CC)(CC)CC.CC[N+](CC)(CC)CC.CC[N+](CC)(CC)CC.CC[N+](CC)(CC)CC.CC[N+](CC)(CC)CC.O=C([O-])C(F)(F)F.O=C([O-])C(F)(F)F.O=C([O-])C(F)(F)F.O=C([O-])C(F)(F)F.[O-]B([O-])[O-]. The fourth-order valence-corrected chi connectivity index (χ4v) is 9.39. The summed E-state index contributed by atoms with van der Waals surface area (Å²) in [6.45, 7) is 99.6. The zero-order valence-corrected chi connectivity index (χ0v) is 64.5. The van der Waals surface area contributed by atoms with Gasteiger partial charge in [0.1, 0.15) is 23.9 Å². The molecule has 0 aliphatic rings. The second-order valence-electron chi connectivity index (χ2n) is 21.7. The highest BCUT2D eigenvalue weighted by Gasteiger charge is 2.31. The van der Waals surface area contributed by atoms with Gasteiger partial charge in [-0.1, -0.05) is 0 Å². The Labute approximate surface area is 570 Å². The van der Waals surface area contributed by atoms with Gasteiger partial charge in [-0.2, -0.15) is 52.7 Å². The van der Waals surface area contributed by atoms with Crippen LogP contribution in [0.4, 0.5) is 52.7 Å². The Morgan fingerprint density at radius 2 is 0.232 bits per heavy atom. The van der Waals surface area contributed by atoms with Gasteiger partial charge in [0.25, 0.3) is 0 Å². The van der Waals surface area contributed by atoms with Crippen LogP contribution in [0, 0.1) is 0 Å². The summed E-state index contributed by atoms with van der Waals surface area (Å²) in [6.07, 6.45) is -20.8. The summed E-state index contributed by atoms with van der Waals surface area (Å²) in [4.78, 5) is 35.1. The highest BCUT2D eigenvalue weighted by Crippen LogP contribution is 2.14. The van der Waals surface area contributed by atoms with Crippen molar-refractivity contribution in [2.24, 2.45) is 0 Å². The highest BCUT2D eigenvalue weighted by atomic mass is 19.4. The zero-order chi connectivity index (χ0) is 79.2. The molecule has 0 heterocycles. The summed E-state index contributed by atoms with van der Waals surface area (Å²) < 4.78 is 135. The van der Waals surface area contributed by atoms with Crippen LogP contribution in [0.1, 0.15) is 194 Å². The summed E-state index contributed by atoms with van der Waals surface area (Å²) in [5, 5.41) is 60.4. The highest BCUT2D eigenvalue weighted by molar-refractivity contribution is 6.24. The van der Waals surface area contributed by atoms with Crippen molar-refractivity contribution in [3.8, 4) is 0 Å². The molecule has 0 fully saturated rings. The van der Waals surface area contributed by atoms with Gasteiger partial charge in [0.05, 0.1) is 183 Å². The van der Waals surface area contributed by atoms with Crippen molar-refractivity contribution in [2.45, 2.75) is 219 Å². The first-order chi connectivity index (χ1) is 43.2. The lowest BCUT2D eigenvalue weighted by Crippen LogP contribution is -2.56. The molecule has 0 aromatic heterocycles. The van der Waals surface area contributed by atoms with Crippen LogP contribution in [0.3, 0.4) is 0 Å². The van der Waals surface area contributed by atoms with E-state index < -0.39 is 55.9 Å². The Morgan fingerprint density at radius 1 is 0.200 bits per heavy atom. The maximum atomic E-state index is 10.5. The van der Waals surface area contributed by atoms with E-state index in [1.807, 2.05) is 0 Å². The van der Waals surface area contributed by atoms with Gasteiger partial charge >= 0.3 is 24.7 Å². The molecule has 0 radical (unpaired) electrons. The van der Waals surface area contributed by atoms with Crippen LogP contribution in [0.15, 0.2) is 0 Å². The van der Waals surface area contributed by atoms with E-state index in [4.69, 9.17) is 54.7 Å². The first kappa shape index (κ1) is 119. The van der Waals surface area contributed by atoms with Gasteiger partial charge in [0.2, 0.25) is 0 Å². The number of hydrogen-bond acceptors (Lipinski definition) is 11. The topological polar surface area (TPSA) is 230 Å². The number of nitrogens with zero attached hydrogens (tertiary/aromatic N) is 7. The predicted molar refractivity (Wildman–Crippen MR) is 347 cm³/mol. The van der Waals surface area contributed by atoms with E-state index in [9.17, 15) is 52.7 Å². The molecule has 584 valence electrons. The summed E-state index contributed by atoms with van der Waals surface area (Å²) in [5.74, 6) is -12.0. The number of quaternary nitrogens is 7. The Morgan fingerprint density at radius 3 is 0.232 bits per heavy atom. The predicted octanol–water partition coefficient (Wildman–Crippen LogP) is 6.43. The number of alkyl halides is 12. The lowest BCUT2D eigenvalue weighted by Gasteiger charge is -2.35. The first-order valence-electron chi connectivity index (χ1n) is 34.3. The van der Waals surface area contributed by atoms with Gasteiger partial charge in [-0.15, -0.1) is 0 Å². The number of carbonyl (C=O) groups excluding carboxylic acids is 4. The minimum atomic E-state index is -5.19. The molecule has 0 spiro atoms. The minimum Gasteiger partial charge on any atom is -0.907 e. The standard InChI is InChI=1S/7C8H20N.4C2HF3O2.BO3/c7*1-5-9(6-2,7-3)8-4;4*3-2(4,5)1(6)7;2-1(3)4/h7*5-8H2,1-4H3;4*(H,6,7);/q7*+1;;;;;-3/p-4. The van der Waals surface area contributed by atoms with Crippen molar-refractivity contribution in [3.05, 3.63) is 0 Å². The summed E-state index contributed by atoms with van der Waals surface area (Å²) in [5.41, 5.74) is 0. The molecule has 0 aliphatic carbocycles. The lowest BCUT2D eigenvalue weighted by molar-refractivity contribution is -0.921. The van der Waals surface area contributed by atoms with Crippen molar-refractivity contribution in [1.29, 1.82) is 0 Å². The van der Waals surface area contributed by atoms with Crippen molar-refractivity contribution < 1.29 is 139 Å². The number of hydrogen-bond donors (Lipinski definition) is 0. The molecular formula is C64H140BF12N7O11. The molecule has 0 N–H and O–H groups in total. The third kappa shape index (κ3) is 65.1. The minimum absolute atomic E-state index is 1.28. The number of rotatable bonds is 28. The summed E-state index contributed by atoms with van der Waals surface area (Å²) in [6, 6.07) is 0. The average molecular weight is 1420 g/mol. The Kier molecular flexibility index (Phi) is 81.7. The van der Waals surface area contributed by atoms with Crippen LogP contribution < -0.4 is 35.5 Å². The molecule has 18 nitrogen and oxygen atoms in total. The van der Waals surface area contributed by atoms with Gasteiger partial charge in [-0.05, 0) is 194 Å². The average Bonchev–Trinajstić information content (AvgIpc) is 1.48. The fraction of sp³-hybridized carbons (Fsp3) is 0.938. The van der Waals surface area contributed by atoms with Gasteiger partial charge < -0.3 is 86.1 Å². The van der Waals surface area contributed by atoms with E-state index >= 15 is 0 Å². The third-order valence-electron chi connectivity index (χ3n) is 19.7. The molecule has 0 atom stereocenters. The van der Waals surface area contributed by atoms with E-state index in [1.165, 1.54) is 215 Å². The maximum Gasteiger partial charge on any atom is 0.430 e. The number of carboxylic acid groups (broad SMARTS) is 4.